The summed E-state index contributed by atoms with van der Waals surface area (Å²) in [5.74, 6) is 0.981. The molecule has 0 aliphatic carbocycles. The van der Waals surface area contributed by atoms with E-state index in [2.05, 4.69) is 5.32 Å². The van der Waals surface area contributed by atoms with E-state index in [9.17, 15) is 13.2 Å². The molecule has 7 nitrogen and oxygen atoms in total. The van der Waals surface area contributed by atoms with E-state index < -0.39 is 10.0 Å². The summed E-state index contributed by atoms with van der Waals surface area (Å²) in [6, 6.07) is 12.0. The molecule has 0 aliphatic heterocycles. The molecule has 0 radical (unpaired) electrons. The molecule has 0 fully saturated rings. The Labute approximate surface area is 166 Å². The van der Waals surface area contributed by atoms with Gasteiger partial charge in [0.15, 0.2) is 6.61 Å². The molecule has 0 aliphatic rings. The predicted molar refractivity (Wildman–Crippen MR) is 107 cm³/mol. The van der Waals surface area contributed by atoms with Gasteiger partial charge in [-0.25, -0.2) is 12.7 Å². The molecule has 2 aromatic rings. The Balaban J connectivity index is 1.73. The SMILES string of the molecule is Cc1ccc(C)c(OCC(=O)NCCOc2ccc(S(=O)(=O)N(C)C)cc2)c1. The maximum Gasteiger partial charge on any atom is 0.258 e. The van der Waals surface area contributed by atoms with E-state index in [0.29, 0.717) is 18.0 Å². The second kappa shape index (κ2) is 9.57. The first-order valence-corrected chi connectivity index (χ1v) is 10.3. The van der Waals surface area contributed by atoms with Gasteiger partial charge in [0.1, 0.15) is 18.1 Å². The first kappa shape index (κ1) is 21.7. The number of carbonyl (C=O) groups excluding carboxylic acids is 1. The van der Waals surface area contributed by atoms with Gasteiger partial charge in [-0.1, -0.05) is 12.1 Å². The van der Waals surface area contributed by atoms with Crippen LogP contribution in [0.5, 0.6) is 11.5 Å². The molecule has 0 unspecified atom stereocenters. The zero-order chi connectivity index (χ0) is 20.7. The van der Waals surface area contributed by atoms with E-state index in [1.54, 1.807) is 12.1 Å². The molecule has 0 atom stereocenters. The number of hydrogen-bond donors (Lipinski definition) is 1. The molecule has 0 aromatic heterocycles. The van der Waals surface area contributed by atoms with E-state index in [1.807, 2.05) is 32.0 Å². The average molecular weight is 407 g/mol. The van der Waals surface area contributed by atoms with Crippen LogP contribution in [0.15, 0.2) is 47.4 Å². The topological polar surface area (TPSA) is 84.9 Å². The monoisotopic (exact) mass is 406 g/mol. The fourth-order valence-corrected chi connectivity index (χ4v) is 3.24. The Hall–Kier alpha value is -2.58. The van der Waals surface area contributed by atoms with E-state index in [-0.39, 0.29) is 24.0 Å². The summed E-state index contributed by atoms with van der Waals surface area (Å²) in [6.45, 7) is 4.39. The van der Waals surface area contributed by atoms with Crippen molar-refractivity contribution in [3.63, 3.8) is 0 Å². The molecule has 0 saturated heterocycles. The lowest BCUT2D eigenvalue weighted by Gasteiger charge is -2.12. The molecule has 28 heavy (non-hydrogen) atoms. The first-order valence-electron chi connectivity index (χ1n) is 8.82. The number of aryl methyl sites for hydroxylation is 2. The highest BCUT2D eigenvalue weighted by molar-refractivity contribution is 7.89. The number of nitrogens with zero attached hydrogens (tertiary/aromatic N) is 1. The zero-order valence-corrected chi connectivity index (χ0v) is 17.4. The Morgan fingerprint density at radius 2 is 1.71 bits per heavy atom. The second-order valence-corrected chi connectivity index (χ2v) is 8.67. The molecule has 0 saturated carbocycles. The van der Waals surface area contributed by atoms with E-state index in [4.69, 9.17) is 9.47 Å². The normalized spacial score (nSPS) is 11.3. The van der Waals surface area contributed by atoms with Crippen LogP contribution in [0, 0.1) is 13.8 Å². The third-order valence-electron chi connectivity index (χ3n) is 4.00. The number of rotatable bonds is 9. The van der Waals surface area contributed by atoms with Gasteiger partial charge >= 0.3 is 0 Å². The van der Waals surface area contributed by atoms with Crippen molar-refractivity contribution < 1.29 is 22.7 Å². The highest BCUT2D eigenvalue weighted by atomic mass is 32.2. The number of carbonyl (C=O) groups is 1. The molecule has 152 valence electrons. The van der Waals surface area contributed by atoms with Crippen LogP contribution < -0.4 is 14.8 Å². The fraction of sp³-hybridized carbons (Fsp3) is 0.350. The third kappa shape index (κ3) is 5.97. The van der Waals surface area contributed by atoms with Gasteiger partial charge in [0.25, 0.3) is 5.91 Å². The van der Waals surface area contributed by atoms with Crippen molar-refractivity contribution >= 4 is 15.9 Å². The van der Waals surface area contributed by atoms with E-state index in [1.165, 1.54) is 26.2 Å². The maximum atomic E-state index is 12.0. The van der Waals surface area contributed by atoms with Crippen molar-refractivity contribution in [1.29, 1.82) is 0 Å². The van der Waals surface area contributed by atoms with Crippen LogP contribution in [0.25, 0.3) is 0 Å². The minimum Gasteiger partial charge on any atom is -0.492 e. The van der Waals surface area contributed by atoms with Crippen LogP contribution in [-0.4, -0.2) is 52.5 Å². The van der Waals surface area contributed by atoms with Crippen LogP contribution in [0.4, 0.5) is 0 Å². The molecule has 2 aromatic carbocycles. The second-order valence-electron chi connectivity index (χ2n) is 6.51. The lowest BCUT2D eigenvalue weighted by Crippen LogP contribution is -2.32. The molecule has 2 rings (SSSR count). The lowest BCUT2D eigenvalue weighted by atomic mass is 10.1. The van der Waals surface area contributed by atoms with Crippen LogP contribution in [0.2, 0.25) is 0 Å². The van der Waals surface area contributed by atoms with Crippen LogP contribution in [0.1, 0.15) is 11.1 Å². The molecule has 1 amide bonds. The van der Waals surface area contributed by atoms with Crippen LogP contribution in [0.3, 0.4) is 0 Å². The number of sulfonamides is 1. The highest BCUT2D eigenvalue weighted by Crippen LogP contribution is 2.19. The van der Waals surface area contributed by atoms with Gasteiger partial charge in [-0.15, -0.1) is 0 Å². The summed E-state index contributed by atoms with van der Waals surface area (Å²) in [4.78, 5) is 12.1. The predicted octanol–water partition coefficient (Wildman–Crippen LogP) is 2.13. The fourth-order valence-electron chi connectivity index (χ4n) is 2.34. The van der Waals surface area contributed by atoms with Crippen LogP contribution in [-0.2, 0) is 14.8 Å². The molecule has 0 spiro atoms. The maximum absolute atomic E-state index is 12.0. The minimum atomic E-state index is -3.46. The summed E-state index contributed by atoms with van der Waals surface area (Å²) in [6.07, 6.45) is 0. The van der Waals surface area contributed by atoms with E-state index >= 15 is 0 Å². The largest absolute Gasteiger partial charge is 0.492 e. The lowest BCUT2D eigenvalue weighted by molar-refractivity contribution is -0.123. The van der Waals surface area contributed by atoms with Crippen LogP contribution >= 0.6 is 0 Å². The number of ether oxygens (including phenoxy) is 2. The van der Waals surface area contributed by atoms with Gasteiger partial charge < -0.3 is 14.8 Å². The number of nitrogens with one attached hydrogen (secondary N) is 1. The van der Waals surface area contributed by atoms with Crippen molar-refractivity contribution in [2.75, 3.05) is 33.9 Å². The summed E-state index contributed by atoms with van der Waals surface area (Å²) >= 11 is 0. The van der Waals surface area contributed by atoms with Crippen molar-refractivity contribution in [2.24, 2.45) is 0 Å². The summed E-state index contributed by atoms with van der Waals surface area (Å²) in [7, 11) is -0.501. The minimum absolute atomic E-state index is 0.0681. The first-order chi connectivity index (χ1) is 13.2. The third-order valence-corrected chi connectivity index (χ3v) is 5.83. The number of amides is 1. The van der Waals surface area contributed by atoms with Crippen molar-refractivity contribution in [2.45, 2.75) is 18.7 Å². The molecular weight excluding hydrogens is 380 g/mol. The summed E-state index contributed by atoms with van der Waals surface area (Å²) < 4.78 is 36.2. The number of benzene rings is 2. The highest BCUT2D eigenvalue weighted by Gasteiger charge is 2.16. The Bertz CT molecular complexity index is 909. The van der Waals surface area contributed by atoms with Gasteiger partial charge in [0.05, 0.1) is 11.4 Å². The van der Waals surface area contributed by atoms with Crippen molar-refractivity contribution in [1.82, 2.24) is 9.62 Å². The Morgan fingerprint density at radius 1 is 1.04 bits per heavy atom. The Morgan fingerprint density at radius 3 is 2.36 bits per heavy atom. The molecule has 0 heterocycles. The molecule has 1 N–H and O–H groups in total. The van der Waals surface area contributed by atoms with Gasteiger partial charge in [-0.2, -0.15) is 0 Å². The van der Waals surface area contributed by atoms with E-state index in [0.717, 1.165) is 15.4 Å². The summed E-state index contributed by atoms with van der Waals surface area (Å²) in [5.41, 5.74) is 2.04. The smallest absolute Gasteiger partial charge is 0.258 e. The molecule has 0 bridgehead atoms. The standard InChI is InChI=1S/C20H26N2O5S/c1-15-5-6-16(2)19(13-15)27-14-20(23)21-11-12-26-17-7-9-18(10-8-17)28(24,25)22(3)4/h5-10,13H,11-12,14H2,1-4H3,(H,21,23). The summed E-state index contributed by atoms with van der Waals surface area (Å²) in [5, 5.41) is 2.72. The molecular formula is C20H26N2O5S. The quantitative estimate of drug-likeness (QED) is 0.645. The van der Waals surface area contributed by atoms with Crippen molar-refractivity contribution in [3.05, 3.63) is 53.6 Å². The Kier molecular flexibility index (Phi) is 7.42. The molecule has 8 heteroatoms. The zero-order valence-electron chi connectivity index (χ0n) is 16.6. The van der Waals surface area contributed by atoms with Gasteiger partial charge in [0.2, 0.25) is 10.0 Å². The van der Waals surface area contributed by atoms with Crippen molar-refractivity contribution in [3.8, 4) is 11.5 Å². The van der Waals surface area contributed by atoms with Gasteiger partial charge in [-0.05, 0) is 55.3 Å². The van der Waals surface area contributed by atoms with Gasteiger partial charge in [0, 0.05) is 14.1 Å². The van der Waals surface area contributed by atoms with Gasteiger partial charge in [-0.3, -0.25) is 4.79 Å². The average Bonchev–Trinajstić information content (AvgIpc) is 2.66. The number of hydrogen-bond acceptors (Lipinski definition) is 5.